The van der Waals surface area contributed by atoms with Crippen LogP contribution in [0.2, 0.25) is 0 Å². The van der Waals surface area contributed by atoms with Crippen molar-refractivity contribution in [3.63, 3.8) is 0 Å². The van der Waals surface area contributed by atoms with Gasteiger partial charge in [0.1, 0.15) is 5.75 Å². The first-order valence-electron chi connectivity index (χ1n) is 7.65. The van der Waals surface area contributed by atoms with Crippen molar-refractivity contribution in [2.45, 2.75) is 13.3 Å². The number of esters is 1. The molecule has 130 valence electrons. The van der Waals surface area contributed by atoms with Gasteiger partial charge in [0, 0.05) is 23.4 Å². The van der Waals surface area contributed by atoms with E-state index in [1.54, 1.807) is 31.2 Å². The number of non-ortho nitro benzene ring substituents is 1. The van der Waals surface area contributed by atoms with E-state index in [0.717, 1.165) is 0 Å². The Labute approximate surface area is 149 Å². The fraction of sp³-hybridized carbons (Fsp3) is 0.222. The van der Waals surface area contributed by atoms with Crippen molar-refractivity contribution < 1.29 is 19.2 Å². The lowest BCUT2D eigenvalue weighted by atomic mass is 10.1. The van der Waals surface area contributed by atoms with E-state index >= 15 is 0 Å². The number of carbonyl (C=O) groups excluding carboxylic acids is 2. The second-order valence-corrected chi connectivity index (χ2v) is 6.43. The van der Waals surface area contributed by atoms with Crippen molar-refractivity contribution in [2.75, 3.05) is 5.75 Å². The highest BCUT2D eigenvalue weighted by Gasteiger charge is 2.17. The van der Waals surface area contributed by atoms with Crippen LogP contribution in [0.4, 0.5) is 5.69 Å². The van der Waals surface area contributed by atoms with Crippen molar-refractivity contribution in [3.05, 3.63) is 70.3 Å². The quantitative estimate of drug-likeness (QED) is 0.320. The third-order valence-corrected chi connectivity index (χ3v) is 4.40. The molecule has 6 nitrogen and oxygen atoms in total. The smallest absolute Gasteiger partial charge is 0.314 e. The summed E-state index contributed by atoms with van der Waals surface area (Å²) in [6.07, 6.45) is 0.495. The maximum Gasteiger partial charge on any atom is 0.314 e. The standard InChI is InChI=1S/C18H17NO5S/c1-13(11-12-25-18(21)14-5-3-2-4-6-14)17(20)24-16-9-7-15(8-10-16)19(22)23/h2-10,13H,11-12H2,1H3. The van der Waals surface area contributed by atoms with E-state index in [1.165, 1.54) is 36.0 Å². The van der Waals surface area contributed by atoms with Crippen molar-refractivity contribution in [1.29, 1.82) is 0 Å². The number of ether oxygens (including phenoxy) is 1. The Morgan fingerprint density at radius 2 is 1.76 bits per heavy atom. The molecule has 7 heteroatoms. The molecule has 0 fully saturated rings. The molecule has 0 saturated heterocycles. The van der Waals surface area contributed by atoms with Crippen LogP contribution in [0.3, 0.4) is 0 Å². The molecule has 25 heavy (non-hydrogen) atoms. The molecule has 0 N–H and O–H groups in total. The summed E-state index contributed by atoms with van der Waals surface area (Å²) in [4.78, 5) is 34.1. The van der Waals surface area contributed by atoms with Gasteiger partial charge < -0.3 is 4.74 Å². The molecule has 0 aliphatic carbocycles. The molecule has 0 amide bonds. The number of thioether (sulfide) groups is 1. The van der Waals surface area contributed by atoms with Crippen LogP contribution in [0, 0.1) is 16.0 Å². The molecule has 1 atom stereocenters. The lowest BCUT2D eigenvalue weighted by Crippen LogP contribution is -2.18. The molecule has 0 spiro atoms. The van der Waals surface area contributed by atoms with E-state index < -0.39 is 10.9 Å². The molecule has 0 radical (unpaired) electrons. The topological polar surface area (TPSA) is 86.5 Å². The zero-order valence-corrected chi connectivity index (χ0v) is 14.4. The van der Waals surface area contributed by atoms with Gasteiger partial charge in [0.15, 0.2) is 0 Å². The van der Waals surface area contributed by atoms with E-state index in [-0.39, 0.29) is 22.5 Å². The Morgan fingerprint density at radius 1 is 1.12 bits per heavy atom. The van der Waals surface area contributed by atoms with Crippen molar-refractivity contribution in [3.8, 4) is 5.75 Å². The predicted molar refractivity (Wildman–Crippen MR) is 95.7 cm³/mol. The van der Waals surface area contributed by atoms with Gasteiger partial charge in [0.2, 0.25) is 5.12 Å². The number of rotatable bonds is 7. The molecule has 0 heterocycles. The highest BCUT2D eigenvalue weighted by atomic mass is 32.2. The summed E-state index contributed by atoms with van der Waals surface area (Å²) < 4.78 is 5.20. The van der Waals surface area contributed by atoms with Crippen LogP contribution in [0.15, 0.2) is 54.6 Å². The Bertz CT molecular complexity index is 746. The number of carbonyl (C=O) groups is 2. The number of hydrogen-bond acceptors (Lipinski definition) is 6. The van der Waals surface area contributed by atoms with Gasteiger partial charge in [-0.05, 0) is 18.6 Å². The van der Waals surface area contributed by atoms with Crippen LogP contribution < -0.4 is 4.74 Å². The molecule has 2 aromatic carbocycles. The Balaban J connectivity index is 1.78. The van der Waals surface area contributed by atoms with E-state index in [0.29, 0.717) is 17.7 Å². The predicted octanol–water partition coefficient (Wildman–Crippen LogP) is 4.10. The van der Waals surface area contributed by atoms with E-state index in [1.807, 2.05) is 6.07 Å². The number of nitro groups is 1. The van der Waals surface area contributed by atoms with Gasteiger partial charge in [-0.1, -0.05) is 49.0 Å². The fourth-order valence-electron chi connectivity index (χ4n) is 1.96. The molecule has 0 aliphatic heterocycles. The van der Waals surface area contributed by atoms with Gasteiger partial charge >= 0.3 is 5.97 Å². The van der Waals surface area contributed by atoms with Gasteiger partial charge in [0.25, 0.3) is 5.69 Å². The average Bonchev–Trinajstić information content (AvgIpc) is 2.62. The maximum atomic E-state index is 12.0. The Hall–Kier alpha value is -2.67. The maximum absolute atomic E-state index is 12.0. The summed E-state index contributed by atoms with van der Waals surface area (Å²) in [7, 11) is 0. The lowest BCUT2D eigenvalue weighted by Gasteiger charge is -2.10. The summed E-state index contributed by atoms with van der Waals surface area (Å²) in [5, 5.41) is 10.6. The number of benzene rings is 2. The number of hydrogen-bond donors (Lipinski definition) is 0. The van der Waals surface area contributed by atoms with Crippen molar-refractivity contribution in [2.24, 2.45) is 5.92 Å². The monoisotopic (exact) mass is 359 g/mol. The third-order valence-electron chi connectivity index (χ3n) is 3.46. The van der Waals surface area contributed by atoms with Gasteiger partial charge in [0.05, 0.1) is 10.8 Å². The summed E-state index contributed by atoms with van der Waals surface area (Å²) in [6, 6.07) is 14.3. The highest BCUT2D eigenvalue weighted by Crippen LogP contribution is 2.20. The van der Waals surface area contributed by atoms with Crippen LogP contribution in [-0.4, -0.2) is 21.8 Å². The summed E-state index contributed by atoms with van der Waals surface area (Å²) in [6.45, 7) is 1.72. The number of nitrogens with zero attached hydrogens (tertiary/aromatic N) is 1. The van der Waals surface area contributed by atoms with Crippen LogP contribution in [0.1, 0.15) is 23.7 Å². The summed E-state index contributed by atoms with van der Waals surface area (Å²) >= 11 is 1.17. The van der Waals surface area contributed by atoms with Crippen LogP contribution in [0.25, 0.3) is 0 Å². The van der Waals surface area contributed by atoms with Gasteiger partial charge in [-0.15, -0.1) is 0 Å². The van der Waals surface area contributed by atoms with Gasteiger partial charge in [-0.3, -0.25) is 19.7 Å². The second-order valence-electron chi connectivity index (χ2n) is 5.36. The molecule has 2 rings (SSSR count). The molecule has 0 aromatic heterocycles. The van der Waals surface area contributed by atoms with E-state index in [4.69, 9.17) is 4.74 Å². The molecular formula is C18H17NO5S. The van der Waals surface area contributed by atoms with Crippen molar-refractivity contribution >= 4 is 28.5 Å². The minimum Gasteiger partial charge on any atom is -0.426 e. The SMILES string of the molecule is CC(CCSC(=O)c1ccccc1)C(=O)Oc1ccc([N+](=O)[O-])cc1. The lowest BCUT2D eigenvalue weighted by molar-refractivity contribution is -0.384. The zero-order valence-electron chi connectivity index (χ0n) is 13.6. The molecule has 0 saturated carbocycles. The first-order valence-corrected chi connectivity index (χ1v) is 8.64. The van der Waals surface area contributed by atoms with E-state index in [9.17, 15) is 19.7 Å². The number of nitro benzene ring substituents is 1. The first-order chi connectivity index (χ1) is 12.0. The van der Waals surface area contributed by atoms with Gasteiger partial charge in [-0.2, -0.15) is 0 Å². The second kappa shape index (κ2) is 8.98. The Kier molecular flexibility index (Phi) is 6.71. The minimum absolute atomic E-state index is 0.0310. The molecule has 2 aromatic rings. The molecule has 0 bridgehead atoms. The van der Waals surface area contributed by atoms with Crippen LogP contribution in [0.5, 0.6) is 5.75 Å². The summed E-state index contributed by atoms with van der Waals surface area (Å²) in [5.41, 5.74) is 0.567. The molecular weight excluding hydrogens is 342 g/mol. The largest absolute Gasteiger partial charge is 0.426 e. The molecule has 0 aliphatic rings. The van der Waals surface area contributed by atoms with Crippen molar-refractivity contribution in [1.82, 2.24) is 0 Å². The first kappa shape index (κ1) is 18.7. The fourth-order valence-corrected chi connectivity index (χ4v) is 2.92. The zero-order chi connectivity index (χ0) is 18.2. The van der Waals surface area contributed by atoms with Crippen LogP contribution >= 0.6 is 11.8 Å². The minimum atomic E-state index is -0.519. The van der Waals surface area contributed by atoms with Crippen LogP contribution in [-0.2, 0) is 4.79 Å². The highest BCUT2D eigenvalue weighted by molar-refractivity contribution is 8.14. The normalized spacial score (nSPS) is 11.6. The molecule has 1 unspecified atom stereocenters. The van der Waals surface area contributed by atoms with E-state index in [2.05, 4.69) is 0 Å². The summed E-state index contributed by atoms with van der Waals surface area (Å²) in [5.74, 6) is -0.0482. The average molecular weight is 359 g/mol. The van der Waals surface area contributed by atoms with Gasteiger partial charge in [-0.25, -0.2) is 0 Å². The Morgan fingerprint density at radius 3 is 2.36 bits per heavy atom. The third kappa shape index (κ3) is 5.72.